The van der Waals surface area contributed by atoms with Gasteiger partial charge in [0.1, 0.15) is 5.92 Å². The summed E-state index contributed by atoms with van der Waals surface area (Å²) in [7, 11) is 0. The lowest BCUT2D eigenvalue weighted by Crippen LogP contribution is -2.40. The first kappa shape index (κ1) is 26.9. The highest BCUT2D eigenvalue weighted by atomic mass is 16.4. The Morgan fingerprint density at radius 1 is 0.816 bits per heavy atom. The van der Waals surface area contributed by atoms with Crippen LogP contribution in [0.2, 0.25) is 0 Å². The van der Waals surface area contributed by atoms with E-state index in [0.29, 0.717) is 30.3 Å². The molecule has 0 aromatic heterocycles. The minimum absolute atomic E-state index is 0.0769. The Hall–Kier alpha value is -2.64. The van der Waals surface area contributed by atoms with Crippen molar-refractivity contribution in [2.24, 2.45) is 17.8 Å². The minimum atomic E-state index is -1.49. The fourth-order valence-corrected chi connectivity index (χ4v) is 7.26. The molecular formula is C31H40N2O5. The Morgan fingerprint density at radius 3 is 1.92 bits per heavy atom. The van der Waals surface area contributed by atoms with Gasteiger partial charge in [-0.05, 0) is 62.0 Å². The first-order valence-corrected chi connectivity index (χ1v) is 14.5. The zero-order chi connectivity index (χ0) is 26.6. The zero-order valence-electron chi connectivity index (χ0n) is 22.1. The van der Waals surface area contributed by atoms with Crippen LogP contribution in [0, 0.1) is 17.8 Å². The van der Waals surface area contributed by atoms with Crippen molar-refractivity contribution in [3.63, 3.8) is 0 Å². The van der Waals surface area contributed by atoms with Gasteiger partial charge in [0, 0.05) is 30.5 Å². The van der Waals surface area contributed by atoms with E-state index >= 15 is 0 Å². The van der Waals surface area contributed by atoms with E-state index in [2.05, 4.69) is 10.6 Å². The summed E-state index contributed by atoms with van der Waals surface area (Å²) in [6.07, 6.45) is 11.6. The lowest BCUT2D eigenvalue weighted by Gasteiger charge is -2.24. The van der Waals surface area contributed by atoms with Gasteiger partial charge in [-0.25, -0.2) is 0 Å². The highest BCUT2D eigenvalue weighted by Gasteiger charge is 2.42. The van der Waals surface area contributed by atoms with Crippen LogP contribution in [0.3, 0.4) is 0 Å². The van der Waals surface area contributed by atoms with Gasteiger partial charge in [0.05, 0.1) is 12.1 Å². The van der Waals surface area contributed by atoms with E-state index in [9.17, 15) is 24.3 Å². The summed E-state index contributed by atoms with van der Waals surface area (Å²) < 4.78 is 0. The lowest BCUT2D eigenvalue weighted by atomic mass is 9.83. The van der Waals surface area contributed by atoms with Crippen LogP contribution in [0.5, 0.6) is 0 Å². The van der Waals surface area contributed by atoms with Crippen molar-refractivity contribution in [2.45, 2.75) is 101 Å². The summed E-state index contributed by atoms with van der Waals surface area (Å²) in [5, 5.41) is 16.9. The second-order valence-electron chi connectivity index (χ2n) is 11.9. The zero-order valence-corrected chi connectivity index (χ0v) is 22.1. The number of rotatable bonds is 10. The monoisotopic (exact) mass is 520 g/mol. The smallest absolute Gasteiger partial charge is 0.314 e. The van der Waals surface area contributed by atoms with E-state index in [-0.39, 0.29) is 36.0 Å². The van der Waals surface area contributed by atoms with Crippen molar-refractivity contribution < 1.29 is 24.3 Å². The molecule has 0 radical (unpaired) electrons. The third-order valence-corrected chi connectivity index (χ3v) is 9.34. The van der Waals surface area contributed by atoms with Crippen molar-refractivity contribution >= 4 is 29.4 Å². The maximum Gasteiger partial charge on any atom is 0.314 e. The Balaban J connectivity index is 1.31. The fourth-order valence-electron chi connectivity index (χ4n) is 7.26. The van der Waals surface area contributed by atoms with Gasteiger partial charge in [-0.15, -0.1) is 0 Å². The highest BCUT2D eigenvalue weighted by molar-refractivity contribution is 6.14. The average molecular weight is 521 g/mol. The first-order valence-electron chi connectivity index (χ1n) is 14.5. The van der Waals surface area contributed by atoms with E-state index in [0.717, 1.165) is 44.1 Å². The maximum absolute atomic E-state index is 13.7. The molecule has 5 rings (SSSR count). The van der Waals surface area contributed by atoms with Crippen LogP contribution in [0.4, 0.5) is 0 Å². The number of carboxylic acid groups (broad SMARTS) is 1. The molecule has 3 N–H and O–H groups in total. The first-order chi connectivity index (χ1) is 18.4. The molecule has 38 heavy (non-hydrogen) atoms. The van der Waals surface area contributed by atoms with Crippen molar-refractivity contribution in [1.82, 2.24) is 10.6 Å². The largest absolute Gasteiger partial charge is 0.481 e. The number of carbonyl (C=O) groups is 4. The maximum atomic E-state index is 13.7. The Bertz CT molecular complexity index is 1060. The molecule has 0 spiro atoms. The van der Waals surface area contributed by atoms with Gasteiger partial charge in [0.25, 0.3) is 0 Å². The summed E-state index contributed by atoms with van der Waals surface area (Å²) in [6.45, 7) is 0. The van der Waals surface area contributed by atoms with E-state index in [4.69, 9.17) is 0 Å². The second-order valence-corrected chi connectivity index (χ2v) is 11.9. The fraction of sp³-hybridized carbons (Fsp3) is 0.613. The lowest BCUT2D eigenvalue weighted by molar-refractivity contribution is -0.147. The van der Waals surface area contributed by atoms with Crippen molar-refractivity contribution in [1.29, 1.82) is 0 Å². The molecule has 7 nitrogen and oxygen atoms in total. The van der Waals surface area contributed by atoms with Crippen LogP contribution in [0.15, 0.2) is 35.9 Å². The van der Waals surface area contributed by atoms with Crippen LogP contribution in [-0.2, 0) is 19.2 Å². The molecule has 2 aliphatic heterocycles. The number of hydrogen-bond acceptors (Lipinski definition) is 6. The summed E-state index contributed by atoms with van der Waals surface area (Å²) >= 11 is 0. The summed E-state index contributed by atoms with van der Waals surface area (Å²) in [5.41, 5.74) is 0.903. The van der Waals surface area contributed by atoms with Crippen molar-refractivity contribution in [3.8, 4) is 0 Å². The van der Waals surface area contributed by atoms with Crippen LogP contribution >= 0.6 is 0 Å². The van der Waals surface area contributed by atoms with Crippen LogP contribution in [-0.4, -0.2) is 52.6 Å². The molecule has 4 fully saturated rings. The molecule has 2 saturated heterocycles. The van der Waals surface area contributed by atoms with Gasteiger partial charge >= 0.3 is 5.97 Å². The molecule has 7 heteroatoms. The van der Waals surface area contributed by atoms with E-state index < -0.39 is 23.7 Å². The molecule has 0 bridgehead atoms. The molecule has 7 unspecified atom stereocenters. The molecule has 2 aliphatic carbocycles. The van der Waals surface area contributed by atoms with Crippen molar-refractivity contribution in [3.05, 3.63) is 41.5 Å². The Labute approximate surface area is 224 Å². The van der Waals surface area contributed by atoms with Crippen LogP contribution in [0.25, 0.3) is 6.08 Å². The number of ketones is 3. The SMILES string of the molecule is O=C(C/C(=C\c1ccccc1)C(=O)C(CC(=O)C1CC2CCCCC2N1)C(=O)O)C1CC2CCCCC2N1. The molecule has 4 aliphatic rings. The standard InChI is InChI=1S/C31H40N2O5/c34-28(26-15-20-10-4-6-12-24(20)32-26)17-22(14-19-8-2-1-3-9-19)30(36)23(31(37)38)18-29(35)27-16-21-11-5-7-13-25(21)33-27/h1-3,8-9,14,20-21,23-27,32-33H,4-7,10-13,15-18H2,(H,37,38)/b22-14+. The van der Waals surface area contributed by atoms with Gasteiger partial charge < -0.3 is 15.7 Å². The Kier molecular flexibility index (Phi) is 8.54. The van der Waals surface area contributed by atoms with E-state index in [1.54, 1.807) is 6.08 Å². The molecule has 1 aromatic rings. The van der Waals surface area contributed by atoms with Gasteiger partial charge in [-0.2, -0.15) is 0 Å². The van der Waals surface area contributed by atoms with E-state index in [1.165, 1.54) is 19.3 Å². The average Bonchev–Trinajstić information content (AvgIpc) is 3.56. The normalized spacial score (nSPS) is 31.7. The van der Waals surface area contributed by atoms with Gasteiger partial charge in [0.15, 0.2) is 17.3 Å². The minimum Gasteiger partial charge on any atom is -0.481 e. The van der Waals surface area contributed by atoms with Gasteiger partial charge in [-0.1, -0.05) is 56.0 Å². The number of allylic oxidation sites excluding steroid dienone is 1. The van der Waals surface area contributed by atoms with Crippen molar-refractivity contribution in [2.75, 3.05) is 0 Å². The topological polar surface area (TPSA) is 113 Å². The Morgan fingerprint density at radius 2 is 1.37 bits per heavy atom. The third-order valence-electron chi connectivity index (χ3n) is 9.34. The van der Waals surface area contributed by atoms with Crippen LogP contribution < -0.4 is 10.6 Å². The second kappa shape index (κ2) is 12.0. The number of aliphatic carboxylic acids is 1. The summed E-state index contributed by atoms with van der Waals surface area (Å²) in [5.74, 6) is -2.79. The molecule has 7 atom stereocenters. The molecule has 2 saturated carbocycles. The number of hydrogen-bond donors (Lipinski definition) is 3. The number of Topliss-reactive ketones (excluding diaryl/α,β-unsaturated/α-hetero) is 3. The van der Waals surface area contributed by atoms with E-state index in [1.807, 2.05) is 30.3 Å². The van der Waals surface area contributed by atoms with Gasteiger partial charge in [-0.3, -0.25) is 19.2 Å². The number of carbonyl (C=O) groups excluding carboxylic acids is 3. The predicted octanol–water partition coefficient (Wildman–Crippen LogP) is 4.10. The molecule has 204 valence electrons. The molecule has 2 heterocycles. The molecule has 1 aromatic carbocycles. The number of nitrogens with one attached hydrogen (secondary N) is 2. The predicted molar refractivity (Wildman–Crippen MR) is 144 cm³/mol. The summed E-state index contributed by atoms with van der Waals surface area (Å²) in [4.78, 5) is 52.6. The summed E-state index contributed by atoms with van der Waals surface area (Å²) in [6, 6.07) is 9.13. The molecule has 0 amide bonds. The molecular weight excluding hydrogens is 480 g/mol. The van der Waals surface area contributed by atoms with Crippen LogP contribution in [0.1, 0.15) is 82.6 Å². The highest BCUT2D eigenvalue weighted by Crippen LogP contribution is 2.35. The third kappa shape index (κ3) is 6.15. The van der Waals surface area contributed by atoms with Gasteiger partial charge in [0.2, 0.25) is 0 Å². The number of fused-ring (bicyclic) bond motifs is 2. The quantitative estimate of drug-likeness (QED) is 0.314. The number of carboxylic acids is 1. The number of benzene rings is 1.